The maximum absolute atomic E-state index is 11.7. The molecule has 0 N–H and O–H groups in total. The molecule has 0 spiro atoms. The maximum Gasteiger partial charge on any atom is 0.278 e. The highest BCUT2D eigenvalue weighted by Gasteiger charge is 2.23. The molecule has 4 nitrogen and oxygen atoms in total. The van der Waals surface area contributed by atoms with E-state index in [0.717, 1.165) is 33.1 Å². The zero-order valence-corrected chi connectivity index (χ0v) is 16.0. The highest BCUT2D eigenvalue weighted by atomic mass is 35.5. The summed E-state index contributed by atoms with van der Waals surface area (Å²) >= 11 is 6.47. The molecule has 0 saturated carbocycles. The number of rotatable bonds is 3. The molecule has 0 saturated heterocycles. The van der Waals surface area contributed by atoms with Crippen LogP contribution in [0.2, 0.25) is 5.02 Å². The Morgan fingerprint density at radius 2 is 1.45 bits per heavy atom. The van der Waals surface area contributed by atoms with E-state index in [0.29, 0.717) is 10.6 Å². The van der Waals surface area contributed by atoms with Crippen molar-refractivity contribution in [1.82, 2.24) is 4.57 Å². The highest BCUT2D eigenvalue weighted by molar-refractivity contribution is 6.34. The van der Waals surface area contributed by atoms with E-state index in [1.807, 2.05) is 54.6 Å². The first-order valence-corrected chi connectivity index (χ1v) is 9.55. The number of halogens is 1. The summed E-state index contributed by atoms with van der Waals surface area (Å²) in [6, 6.07) is 28.8. The Labute approximate surface area is 171 Å². The standard InChI is InChI=1S/C24H15ClN2O2/c25-19-12-7-15-22(27(28)29)24(19)18-11-6-14-21-23(18)17-10-4-5-13-20(17)26(21)16-8-2-1-3-9-16/h1-15H. The van der Waals surface area contributed by atoms with Crippen LogP contribution < -0.4 is 0 Å². The Morgan fingerprint density at radius 1 is 0.759 bits per heavy atom. The maximum atomic E-state index is 11.7. The van der Waals surface area contributed by atoms with Crippen LogP contribution in [0.4, 0.5) is 5.69 Å². The Morgan fingerprint density at radius 3 is 2.24 bits per heavy atom. The van der Waals surface area contributed by atoms with Gasteiger partial charge in [0.15, 0.2) is 0 Å². The van der Waals surface area contributed by atoms with Crippen LogP contribution in [-0.4, -0.2) is 9.49 Å². The number of hydrogen-bond donors (Lipinski definition) is 0. The molecule has 140 valence electrons. The minimum atomic E-state index is -0.379. The molecule has 5 aromatic rings. The average molecular weight is 399 g/mol. The zero-order valence-electron chi connectivity index (χ0n) is 15.2. The van der Waals surface area contributed by atoms with Crippen LogP contribution >= 0.6 is 11.6 Å². The first-order valence-electron chi connectivity index (χ1n) is 9.17. The second-order valence-electron chi connectivity index (χ2n) is 6.78. The number of nitrogens with zero attached hydrogens (tertiary/aromatic N) is 2. The zero-order chi connectivity index (χ0) is 20.0. The van der Waals surface area contributed by atoms with E-state index in [1.54, 1.807) is 12.1 Å². The summed E-state index contributed by atoms with van der Waals surface area (Å²) in [6.45, 7) is 0. The Kier molecular flexibility index (Phi) is 4.07. The van der Waals surface area contributed by atoms with Gasteiger partial charge < -0.3 is 4.57 Å². The molecular weight excluding hydrogens is 384 g/mol. The number of nitro groups is 1. The van der Waals surface area contributed by atoms with Crippen molar-refractivity contribution in [3.05, 3.63) is 106 Å². The van der Waals surface area contributed by atoms with E-state index >= 15 is 0 Å². The van der Waals surface area contributed by atoms with Crippen LogP contribution in [0.3, 0.4) is 0 Å². The van der Waals surface area contributed by atoms with Crippen LogP contribution in [0.1, 0.15) is 0 Å². The second kappa shape index (κ2) is 6.76. The Bertz CT molecular complexity index is 1390. The molecule has 0 aliphatic rings. The number of fused-ring (bicyclic) bond motifs is 3. The van der Waals surface area contributed by atoms with Crippen LogP contribution in [0, 0.1) is 10.1 Å². The van der Waals surface area contributed by atoms with Gasteiger partial charge in [0.2, 0.25) is 0 Å². The SMILES string of the molecule is O=[N+]([O-])c1cccc(Cl)c1-c1cccc2c1c1ccccc1n2-c1ccccc1. The van der Waals surface area contributed by atoms with Gasteiger partial charge in [0.05, 0.1) is 26.5 Å². The molecule has 1 heterocycles. The molecule has 0 bridgehead atoms. The Hall–Kier alpha value is -3.63. The summed E-state index contributed by atoms with van der Waals surface area (Å²) < 4.78 is 2.18. The molecule has 1 aromatic heterocycles. The number of hydrogen-bond acceptors (Lipinski definition) is 2. The third kappa shape index (κ3) is 2.69. The van der Waals surface area contributed by atoms with Crippen molar-refractivity contribution in [1.29, 1.82) is 0 Å². The quantitative estimate of drug-likeness (QED) is 0.242. The predicted molar refractivity (Wildman–Crippen MR) is 118 cm³/mol. The normalized spacial score (nSPS) is 11.2. The van der Waals surface area contributed by atoms with E-state index < -0.39 is 0 Å². The third-order valence-electron chi connectivity index (χ3n) is 5.17. The number of aromatic nitrogens is 1. The van der Waals surface area contributed by atoms with Crippen molar-refractivity contribution in [2.24, 2.45) is 0 Å². The molecule has 4 aromatic carbocycles. The van der Waals surface area contributed by atoms with Gasteiger partial charge in [-0.25, -0.2) is 0 Å². The lowest BCUT2D eigenvalue weighted by Crippen LogP contribution is -1.94. The van der Waals surface area contributed by atoms with Crippen LogP contribution in [0.15, 0.2) is 91.0 Å². The summed E-state index contributed by atoms with van der Waals surface area (Å²) in [4.78, 5) is 11.3. The van der Waals surface area contributed by atoms with Crippen molar-refractivity contribution >= 4 is 39.1 Å². The monoisotopic (exact) mass is 398 g/mol. The molecule has 5 heteroatoms. The predicted octanol–water partition coefficient (Wildman–Crippen LogP) is 7.01. The molecule has 0 aliphatic carbocycles. The van der Waals surface area contributed by atoms with E-state index in [1.165, 1.54) is 6.07 Å². The van der Waals surface area contributed by atoms with Crippen LogP contribution in [0.25, 0.3) is 38.6 Å². The topological polar surface area (TPSA) is 48.1 Å². The summed E-state index contributed by atoms with van der Waals surface area (Å²) in [5.41, 5.74) is 4.25. The van der Waals surface area contributed by atoms with E-state index in [4.69, 9.17) is 11.6 Å². The van der Waals surface area contributed by atoms with Crippen molar-refractivity contribution in [3.8, 4) is 16.8 Å². The lowest BCUT2D eigenvalue weighted by Gasteiger charge is -2.10. The first kappa shape index (κ1) is 17.5. The number of para-hydroxylation sites is 2. The second-order valence-corrected chi connectivity index (χ2v) is 7.19. The molecule has 0 atom stereocenters. The minimum absolute atomic E-state index is 0.00143. The fourth-order valence-corrected chi connectivity index (χ4v) is 4.29. The molecule has 0 unspecified atom stereocenters. The third-order valence-corrected chi connectivity index (χ3v) is 5.48. The lowest BCUT2D eigenvalue weighted by molar-refractivity contribution is -0.384. The summed E-state index contributed by atoms with van der Waals surface area (Å²) in [5, 5.41) is 14.1. The summed E-state index contributed by atoms with van der Waals surface area (Å²) in [6.07, 6.45) is 0. The fourth-order valence-electron chi connectivity index (χ4n) is 4.01. The van der Waals surface area contributed by atoms with Gasteiger partial charge in [-0.1, -0.05) is 66.2 Å². The molecule has 0 aliphatic heterocycles. The van der Waals surface area contributed by atoms with Gasteiger partial charge in [-0.3, -0.25) is 10.1 Å². The van der Waals surface area contributed by atoms with Crippen LogP contribution in [-0.2, 0) is 0 Å². The smallest absolute Gasteiger partial charge is 0.278 e. The van der Waals surface area contributed by atoms with Crippen molar-refractivity contribution < 1.29 is 4.92 Å². The molecule has 0 fully saturated rings. The fraction of sp³-hybridized carbons (Fsp3) is 0. The molecule has 0 amide bonds. The van der Waals surface area contributed by atoms with E-state index in [9.17, 15) is 10.1 Å². The molecule has 5 rings (SSSR count). The molecular formula is C24H15ClN2O2. The van der Waals surface area contributed by atoms with Gasteiger partial charge in [-0.2, -0.15) is 0 Å². The summed E-state index contributed by atoms with van der Waals surface area (Å²) in [5.74, 6) is 0. The number of nitro benzene ring substituents is 1. The van der Waals surface area contributed by atoms with Gasteiger partial charge in [0, 0.05) is 28.1 Å². The van der Waals surface area contributed by atoms with Crippen molar-refractivity contribution in [3.63, 3.8) is 0 Å². The van der Waals surface area contributed by atoms with Crippen molar-refractivity contribution in [2.45, 2.75) is 0 Å². The van der Waals surface area contributed by atoms with Gasteiger partial charge in [0.25, 0.3) is 5.69 Å². The summed E-state index contributed by atoms with van der Waals surface area (Å²) in [7, 11) is 0. The van der Waals surface area contributed by atoms with E-state index in [2.05, 4.69) is 22.8 Å². The van der Waals surface area contributed by atoms with Gasteiger partial charge in [0.1, 0.15) is 0 Å². The number of benzene rings is 4. The van der Waals surface area contributed by atoms with Crippen LogP contribution in [0.5, 0.6) is 0 Å². The molecule has 29 heavy (non-hydrogen) atoms. The van der Waals surface area contributed by atoms with Gasteiger partial charge >= 0.3 is 0 Å². The highest BCUT2D eigenvalue weighted by Crippen LogP contribution is 2.43. The largest absolute Gasteiger partial charge is 0.309 e. The first-order chi connectivity index (χ1) is 14.2. The van der Waals surface area contributed by atoms with Crippen molar-refractivity contribution in [2.75, 3.05) is 0 Å². The molecule has 0 radical (unpaired) electrons. The average Bonchev–Trinajstić information content (AvgIpc) is 3.09. The minimum Gasteiger partial charge on any atom is -0.309 e. The lowest BCUT2D eigenvalue weighted by atomic mass is 9.98. The Balaban J connectivity index is 1.97. The van der Waals surface area contributed by atoms with E-state index in [-0.39, 0.29) is 10.6 Å². The van der Waals surface area contributed by atoms with Gasteiger partial charge in [-0.15, -0.1) is 0 Å². The van der Waals surface area contributed by atoms with Gasteiger partial charge in [-0.05, 0) is 30.3 Å².